The van der Waals surface area contributed by atoms with Gasteiger partial charge in [-0.25, -0.2) is 14.6 Å². The molecule has 130 valence electrons. The predicted molar refractivity (Wildman–Crippen MR) is 90.3 cm³/mol. The number of hydrogen-bond donors (Lipinski definition) is 0. The van der Waals surface area contributed by atoms with Gasteiger partial charge in [-0.15, -0.1) is 0 Å². The molecule has 25 heavy (non-hydrogen) atoms. The van der Waals surface area contributed by atoms with E-state index >= 15 is 0 Å². The topological polar surface area (TPSA) is 82.0 Å². The molecule has 4 rings (SSSR count). The normalized spacial score (nSPS) is 18.0. The first kappa shape index (κ1) is 15.8. The summed E-state index contributed by atoms with van der Waals surface area (Å²) in [6.45, 7) is 4.14. The monoisotopic (exact) mass is 340 g/mol. The van der Waals surface area contributed by atoms with Gasteiger partial charge in [0, 0.05) is 38.0 Å². The molecule has 1 unspecified atom stereocenters. The van der Waals surface area contributed by atoms with Crippen LogP contribution in [0.4, 0.5) is 0 Å². The Morgan fingerprint density at radius 3 is 3.04 bits per heavy atom. The van der Waals surface area contributed by atoms with E-state index in [0.717, 1.165) is 31.6 Å². The fraction of sp³-hybridized carbons (Fsp3) is 0.412. The summed E-state index contributed by atoms with van der Waals surface area (Å²) in [7, 11) is 0. The zero-order valence-electron chi connectivity index (χ0n) is 14.1. The van der Waals surface area contributed by atoms with E-state index in [1.807, 2.05) is 13.1 Å². The first-order chi connectivity index (χ1) is 12.2. The molecule has 0 saturated carbocycles. The van der Waals surface area contributed by atoms with E-state index in [2.05, 4.69) is 20.0 Å². The first-order valence-electron chi connectivity index (χ1n) is 8.40. The van der Waals surface area contributed by atoms with Crippen LogP contribution in [0.25, 0.3) is 5.82 Å². The quantitative estimate of drug-likeness (QED) is 0.698. The van der Waals surface area contributed by atoms with Crippen LogP contribution in [0.2, 0.25) is 0 Å². The maximum Gasteiger partial charge on any atom is 0.266 e. The Labute approximate surface area is 144 Å². The first-order valence-corrected chi connectivity index (χ1v) is 8.40. The maximum atomic E-state index is 12.2. The Hall–Kier alpha value is -2.74. The molecule has 3 aromatic rings. The molecule has 1 atom stereocenters. The minimum Gasteiger partial charge on any atom is -0.449 e. The van der Waals surface area contributed by atoms with Crippen LogP contribution in [0, 0.1) is 6.92 Å². The van der Waals surface area contributed by atoms with Crippen LogP contribution >= 0.6 is 0 Å². The van der Waals surface area contributed by atoms with Crippen molar-refractivity contribution in [1.29, 1.82) is 0 Å². The van der Waals surface area contributed by atoms with Gasteiger partial charge < -0.3 is 4.42 Å². The molecule has 1 saturated heterocycles. The lowest BCUT2D eigenvalue weighted by molar-refractivity contribution is 0.214. The van der Waals surface area contributed by atoms with Crippen molar-refractivity contribution in [3.05, 3.63) is 59.1 Å². The lowest BCUT2D eigenvalue weighted by Crippen LogP contribution is -2.37. The highest BCUT2D eigenvalue weighted by Gasteiger charge is 2.26. The molecule has 8 nitrogen and oxygen atoms in total. The number of nitrogens with zero attached hydrogens (tertiary/aromatic N) is 6. The second-order valence-electron chi connectivity index (χ2n) is 6.31. The molecule has 1 fully saturated rings. The molecule has 1 aliphatic rings. The van der Waals surface area contributed by atoms with E-state index in [4.69, 9.17) is 4.42 Å². The van der Waals surface area contributed by atoms with Crippen LogP contribution in [0.1, 0.15) is 24.4 Å². The zero-order valence-corrected chi connectivity index (χ0v) is 14.1. The summed E-state index contributed by atoms with van der Waals surface area (Å²) in [4.78, 5) is 23.0. The van der Waals surface area contributed by atoms with Gasteiger partial charge in [0.25, 0.3) is 5.56 Å². The summed E-state index contributed by atoms with van der Waals surface area (Å²) >= 11 is 0. The predicted octanol–water partition coefficient (Wildman–Crippen LogP) is 1.39. The van der Waals surface area contributed by atoms with E-state index in [1.165, 1.54) is 0 Å². The Morgan fingerprint density at radius 1 is 1.36 bits per heavy atom. The van der Waals surface area contributed by atoms with Crippen molar-refractivity contribution >= 4 is 0 Å². The van der Waals surface area contributed by atoms with Crippen molar-refractivity contribution in [1.82, 2.24) is 29.2 Å². The third-order valence-electron chi connectivity index (χ3n) is 4.54. The van der Waals surface area contributed by atoms with E-state index in [9.17, 15) is 4.79 Å². The van der Waals surface area contributed by atoms with Crippen LogP contribution in [0.5, 0.6) is 0 Å². The number of aryl methyl sites for hydroxylation is 1. The molecule has 0 spiro atoms. The fourth-order valence-electron chi connectivity index (χ4n) is 3.30. The minimum atomic E-state index is -0.0898. The molecule has 4 heterocycles. The molecule has 0 aliphatic carbocycles. The van der Waals surface area contributed by atoms with Crippen molar-refractivity contribution < 1.29 is 4.42 Å². The second kappa shape index (κ2) is 6.64. The van der Waals surface area contributed by atoms with Crippen molar-refractivity contribution in [2.45, 2.75) is 38.9 Å². The highest BCUT2D eigenvalue weighted by atomic mass is 16.3. The SMILES string of the molecule is Cc1nc(CN2CCCC2Cn2nc(-n3ccnc3)ccc2=O)co1. The van der Waals surface area contributed by atoms with Crippen molar-refractivity contribution in [2.75, 3.05) is 6.54 Å². The number of likely N-dealkylation sites (tertiary alicyclic amines) is 1. The Bertz CT molecular complexity index is 898. The molecule has 0 amide bonds. The Morgan fingerprint density at radius 2 is 2.28 bits per heavy atom. The van der Waals surface area contributed by atoms with Crippen molar-refractivity contribution in [2.24, 2.45) is 0 Å². The third kappa shape index (κ3) is 3.39. The molecule has 0 N–H and O–H groups in total. The number of hydrogen-bond acceptors (Lipinski definition) is 6. The van der Waals surface area contributed by atoms with Gasteiger partial charge in [0.1, 0.15) is 12.6 Å². The zero-order chi connectivity index (χ0) is 17.2. The largest absolute Gasteiger partial charge is 0.449 e. The van der Waals surface area contributed by atoms with Gasteiger partial charge in [-0.05, 0) is 25.5 Å². The molecule has 8 heteroatoms. The average molecular weight is 340 g/mol. The van der Waals surface area contributed by atoms with Crippen LogP contribution in [-0.2, 0) is 13.1 Å². The molecular formula is C17H20N6O2. The summed E-state index contributed by atoms with van der Waals surface area (Å²) in [6.07, 6.45) is 9.03. The van der Waals surface area contributed by atoms with E-state index in [0.29, 0.717) is 18.3 Å². The molecule has 0 aromatic carbocycles. The number of aromatic nitrogens is 5. The van der Waals surface area contributed by atoms with Gasteiger partial charge in [-0.1, -0.05) is 0 Å². The Balaban J connectivity index is 1.52. The van der Waals surface area contributed by atoms with E-state index in [1.54, 1.807) is 40.2 Å². The highest BCUT2D eigenvalue weighted by Crippen LogP contribution is 2.21. The van der Waals surface area contributed by atoms with E-state index < -0.39 is 0 Å². The summed E-state index contributed by atoms with van der Waals surface area (Å²) in [5.74, 6) is 1.37. The van der Waals surface area contributed by atoms with Crippen LogP contribution in [0.15, 0.2) is 46.3 Å². The van der Waals surface area contributed by atoms with Crippen LogP contribution < -0.4 is 5.56 Å². The molecule has 0 radical (unpaired) electrons. The third-order valence-corrected chi connectivity index (χ3v) is 4.54. The maximum absolute atomic E-state index is 12.2. The number of oxazole rings is 1. The van der Waals surface area contributed by atoms with Crippen molar-refractivity contribution in [3.63, 3.8) is 0 Å². The van der Waals surface area contributed by atoms with Crippen LogP contribution in [0.3, 0.4) is 0 Å². The Kier molecular flexibility index (Phi) is 4.19. The molecule has 0 bridgehead atoms. The highest BCUT2D eigenvalue weighted by molar-refractivity contribution is 5.19. The summed E-state index contributed by atoms with van der Waals surface area (Å²) in [6, 6.07) is 3.54. The van der Waals surface area contributed by atoms with Gasteiger partial charge in [0.15, 0.2) is 11.7 Å². The summed E-state index contributed by atoms with van der Waals surface area (Å²) < 4.78 is 8.63. The lowest BCUT2D eigenvalue weighted by Gasteiger charge is -2.23. The minimum absolute atomic E-state index is 0.0898. The average Bonchev–Trinajstić information content (AvgIpc) is 3.33. The van der Waals surface area contributed by atoms with Gasteiger partial charge in [-0.3, -0.25) is 14.3 Å². The second-order valence-corrected chi connectivity index (χ2v) is 6.31. The fourth-order valence-corrected chi connectivity index (χ4v) is 3.30. The summed E-state index contributed by atoms with van der Waals surface area (Å²) in [5, 5.41) is 4.49. The lowest BCUT2D eigenvalue weighted by atomic mass is 10.2. The van der Waals surface area contributed by atoms with Crippen LogP contribution in [-0.4, -0.2) is 41.8 Å². The van der Waals surface area contributed by atoms with Gasteiger partial charge in [0.2, 0.25) is 0 Å². The summed E-state index contributed by atoms with van der Waals surface area (Å²) in [5.41, 5.74) is 0.838. The van der Waals surface area contributed by atoms with E-state index in [-0.39, 0.29) is 11.6 Å². The standard InChI is InChI=1S/C17H20N6O2/c1-13-19-14(11-25-13)9-21-7-2-3-15(21)10-23-17(24)5-4-16(20-23)22-8-6-18-12-22/h4-6,8,11-12,15H,2-3,7,9-10H2,1H3. The molecular weight excluding hydrogens is 320 g/mol. The molecule has 3 aromatic heterocycles. The number of rotatable bonds is 5. The number of imidazole rings is 1. The van der Waals surface area contributed by atoms with Crippen molar-refractivity contribution in [3.8, 4) is 5.82 Å². The molecule has 1 aliphatic heterocycles. The van der Waals surface area contributed by atoms with Gasteiger partial charge in [0.05, 0.1) is 12.2 Å². The van der Waals surface area contributed by atoms with Gasteiger partial charge in [-0.2, -0.15) is 5.10 Å². The smallest absolute Gasteiger partial charge is 0.266 e. The van der Waals surface area contributed by atoms with Gasteiger partial charge >= 0.3 is 0 Å².